The SMILES string of the molecule is NC1CCN(Cc2cc(Cl)cc3c2OCOC3)CC1. The van der Waals surface area contributed by atoms with Crippen molar-refractivity contribution in [2.24, 2.45) is 5.73 Å². The standard InChI is InChI=1S/C14H19ClN2O2/c15-12-5-10(7-17-3-1-13(16)2-4-17)14-11(6-12)8-18-9-19-14/h5-6,13H,1-4,7-9,16H2. The Morgan fingerprint density at radius 2 is 2.11 bits per heavy atom. The number of halogens is 1. The van der Waals surface area contributed by atoms with Crippen molar-refractivity contribution in [2.75, 3.05) is 19.9 Å². The Bertz CT molecular complexity index is 459. The van der Waals surface area contributed by atoms with Crippen molar-refractivity contribution in [1.82, 2.24) is 4.90 Å². The van der Waals surface area contributed by atoms with E-state index in [4.69, 9.17) is 26.8 Å². The molecule has 19 heavy (non-hydrogen) atoms. The Hall–Kier alpha value is -0.810. The van der Waals surface area contributed by atoms with E-state index in [1.54, 1.807) is 0 Å². The molecule has 1 saturated heterocycles. The number of nitrogens with two attached hydrogens (primary N) is 1. The second-order valence-electron chi connectivity index (χ2n) is 5.28. The van der Waals surface area contributed by atoms with Crippen LogP contribution in [0.1, 0.15) is 24.0 Å². The first-order valence-electron chi connectivity index (χ1n) is 6.72. The van der Waals surface area contributed by atoms with Crippen molar-refractivity contribution in [3.63, 3.8) is 0 Å². The van der Waals surface area contributed by atoms with Gasteiger partial charge in [-0.15, -0.1) is 0 Å². The van der Waals surface area contributed by atoms with Crippen molar-refractivity contribution < 1.29 is 9.47 Å². The highest BCUT2D eigenvalue weighted by Crippen LogP contribution is 2.32. The Labute approximate surface area is 118 Å². The van der Waals surface area contributed by atoms with Crippen LogP contribution in [0, 0.1) is 0 Å². The molecule has 2 aliphatic heterocycles. The van der Waals surface area contributed by atoms with Crippen LogP contribution in [0.15, 0.2) is 12.1 Å². The summed E-state index contributed by atoms with van der Waals surface area (Å²) >= 11 is 6.17. The zero-order valence-electron chi connectivity index (χ0n) is 10.9. The highest BCUT2D eigenvalue weighted by Gasteiger charge is 2.21. The van der Waals surface area contributed by atoms with Crippen LogP contribution in [0.5, 0.6) is 5.75 Å². The van der Waals surface area contributed by atoms with E-state index in [1.807, 2.05) is 12.1 Å². The highest BCUT2D eigenvalue weighted by molar-refractivity contribution is 6.30. The fraction of sp³-hybridized carbons (Fsp3) is 0.571. The van der Waals surface area contributed by atoms with Gasteiger partial charge in [0, 0.05) is 28.7 Å². The van der Waals surface area contributed by atoms with Crippen LogP contribution in [0.3, 0.4) is 0 Å². The van der Waals surface area contributed by atoms with Crippen LogP contribution in [-0.2, 0) is 17.9 Å². The molecule has 0 amide bonds. The third-order valence-corrected chi connectivity index (χ3v) is 4.00. The van der Waals surface area contributed by atoms with Crippen LogP contribution in [0.4, 0.5) is 0 Å². The van der Waals surface area contributed by atoms with Gasteiger partial charge in [0.1, 0.15) is 5.75 Å². The van der Waals surface area contributed by atoms with Gasteiger partial charge >= 0.3 is 0 Å². The summed E-state index contributed by atoms with van der Waals surface area (Å²) in [5.74, 6) is 0.950. The minimum atomic E-state index is 0.326. The van der Waals surface area contributed by atoms with Gasteiger partial charge in [0.25, 0.3) is 0 Å². The molecular formula is C14H19ClN2O2. The number of fused-ring (bicyclic) bond motifs is 1. The average molecular weight is 283 g/mol. The first-order valence-corrected chi connectivity index (χ1v) is 7.10. The van der Waals surface area contributed by atoms with Crippen molar-refractivity contribution in [3.8, 4) is 5.75 Å². The lowest BCUT2D eigenvalue weighted by Gasteiger charge is -2.31. The molecule has 0 spiro atoms. The number of rotatable bonds is 2. The molecule has 2 heterocycles. The lowest BCUT2D eigenvalue weighted by molar-refractivity contribution is -0.0175. The summed E-state index contributed by atoms with van der Waals surface area (Å²) in [6.45, 7) is 3.85. The van der Waals surface area contributed by atoms with E-state index < -0.39 is 0 Å². The van der Waals surface area contributed by atoms with Gasteiger partial charge in [-0.05, 0) is 38.1 Å². The third kappa shape index (κ3) is 3.03. The molecule has 0 unspecified atom stereocenters. The van der Waals surface area contributed by atoms with E-state index >= 15 is 0 Å². The molecule has 0 bridgehead atoms. The van der Waals surface area contributed by atoms with Crippen LogP contribution in [0.25, 0.3) is 0 Å². The smallest absolute Gasteiger partial charge is 0.189 e. The number of nitrogens with zero attached hydrogens (tertiary/aromatic N) is 1. The van der Waals surface area contributed by atoms with E-state index in [0.717, 1.165) is 54.4 Å². The van der Waals surface area contributed by atoms with Gasteiger partial charge in [0.2, 0.25) is 0 Å². The molecule has 0 radical (unpaired) electrons. The predicted octanol–water partition coefficient (Wildman–Crippen LogP) is 2.13. The minimum Gasteiger partial charge on any atom is -0.467 e. The maximum Gasteiger partial charge on any atom is 0.189 e. The molecular weight excluding hydrogens is 264 g/mol. The van der Waals surface area contributed by atoms with E-state index in [2.05, 4.69) is 4.90 Å². The molecule has 2 aliphatic rings. The Balaban J connectivity index is 1.78. The summed E-state index contributed by atoms with van der Waals surface area (Å²) < 4.78 is 10.9. The topological polar surface area (TPSA) is 47.7 Å². The monoisotopic (exact) mass is 282 g/mol. The average Bonchev–Trinajstić information content (AvgIpc) is 2.41. The van der Waals surface area contributed by atoms with Crippen LogP contribution in [-0.4, -0.2) is 30.8 Å². The molecule has 1 aromatic carbocycles. The molecule has 5 heteroatoms. The molecule has 1 fully saturated rings. The number of hydrogen-bond acceptors (Lipinski definition) is 4. The Morgan fingerprint density at radius 3 is 2.89 bits per heavy atom. The van der Waals surface area contributed by atoms with Crippen molar-refractivity contribution in [3.05, 3.63) is 28.3 Å². The van der Waals surface area contributed by atoms with E-state index in [1.165, 1.54) is 0 Å². The summed E-state index contributed by atoms with van der Waals surface area (Å²) in [5, 5.41) is 0.747. The van der Waals surface area contributed by atoms with E-state index in [9.17, 15) is 0 Å². The van der Waals surface area contributed by atoms with Gasteiger partial charge in [-0.25, -0.2) is 0 Å². The first-order chi connectivity index (χ1) is 9.22. The first kappa shape index (κ1) is 13.2. The molecule has 4 nitrogen and oxygen atoms in total. The summed E-state index contributed by atoms with van der Waals surface area (Å²) in [6, 6.07) is 4.28. The fourth-order valence-electron chi connectivity index (χ4n) is 2.73. The van der Waals surface area contributed by atoms with Gasteiger partial charge < -0.3 is 15.2 Å². The minimum absolute atomic E-state index is 0.326. The second kappa shape index (κ2) is 5.67. The zero-order valence-corrected chi connectivity index (χ0v) is 11.7. The lowest BCUT2D eigenvalue weighted by Crippen LogP contribution is -2.39. The van der Waals surface area contributed by atoms with Gasteiger partial charge in [-0.3, -0.25) is 4.90 Å². The Morgan fingerprint density at radius 1 is 1.32 bits per heavy atom. The van der Waals surface area contributed by atoms with Crippen LogP contribution < -0.4 is 10.5 Å². The molecule has 0 atom stereocenters. The predicted molar refractivity (Wildman–Crippen MR) is 74.2 cm³/mol. The normalized spacial score (nSPS) is 20.9. The van der Waals surface area contributed by atoms with Crippen molar-refractivity contribution in [1.29, 1.82) is 0 Å². The largest absolute Gasteiger partial charge is 0.467 e. The molecule has 0 aromatic heterocycles. The number of likely N-dealkylation sites (tertiary alicyclic amines) is 1. The summed E-state index contributed by atoms with van der Waals surface area (Å²) in [5.41, 5.74) is 8.13. The summed E-state index contributed by atoms with van der Waals surface area (Å²) in [4.78, 5) is 2.41. The molecule has 104 valence electrons. The van der Waals surface area contributed by atoms with E-state index in [-0.39, 0.29) is 0 Å². The molecule has 1 aromatic rings. The maximum absolute atomic E-state index is 6.17. The molecule has 0 saturated carbocycles. The van der Waals surface area contributed by atoms with E-state index in [0.29, 0.717) is 19.4 Å². The van der Waals surface area contributed by atoms with Crippen molar-refractivity contribution >= 4 is 11.6 Å². The van der Waals surface area contributed by atoms with Crippen LogP contribution in [0.2, 0.25) is 5.02 Å². The number of hydrogen-bond donors (Lipinski definition) is 1. The van der Waals surface area contributed by atoms with Gasteiger partial charge in [0.15, 0.2) is 6.79 Å². The third-order valence-electron chi connectivity index (χ3n) is 3.78. The number of piperidine rings is 1. The molecule has 3 rings (SSSR count). The Kier molecular flexibility index (Phi) is 3.93. The van der Waals surface area contributed by atoms with Crippen LogP contribution >= 0.6 is 11.6 Å². The second-order valence-corrected chi connectivity index (χ2v) is 5.71. The molecule has 0 aliphatic carbocycles. The fourth-order valence-corrected chi connectivity index (χ4v) is 2.99. The lowest BCUT2D eigenvalue weighted by atomic mass is 10.0. The van der Waals surface area contributed by atoms with Gasteiger partial charge in [0.05, 0.1) is 6.61 Å². The molecule has 2 N–H and O–H groups in total. The maximum atomic E-state index is 6.17. The quantitative estimate of drug-likeness (QED) is 0.903. The number of benzene rings is 1. The van der Waals surface area contributed by atoms with Gasteiger partial charge in [-0.1, -0.05) is 11.6 Å². The zero-order chi connectivity index (χ0) is 13.2. The summed E-state index contributed by atoms with van der Waals surface area (Å²) in [7, 11) is 0. The highest BCUT2D eigenvalue weighted by atomic mass is 35.5. The van der Waals surface area contributed by atoms with Gasteiger partial charge in [-0.2, -0.15) is 0 Å². The summed E-state index contributed by atoms with van der Waals surface area (Å²) in [6.07, 6.45) is 2.12. The van der Waals surface area contributed by atoms with Crippen molar-refractivity contribution in [2.45, 2.75) is 32.0 Å². The number of ether oxygens (including phenoxy) is 2.